The molecule has 2 aromatic carbocycles. The first-order valence-corrected chi connectivity index (χ1v) is 11.4. The van der Waals surface area contributed by atoms with Gasteiger partial charge in [0.2, 0.25) is 0 Å². The minimum absolute atomic E-state index is 0.0177. The van der Waals surface area contributed by atoms with E-state index >= 15 is 0 Å². The van der Waals surface area contributed by atoms with E-state index in [1.807, 2.05) is 0 Å². The Kier molecular flexibility index (Phi) is 8.84. The zero-order valence-electron chi connectivity index (χ0n) is 18.0. The van der Waals surface area contributed by atoms with E-state index in [9.17, 15) is 39.6 Å². The monoisotopic (exact) mass is 544 g/mol. The maximum absolute atomic E-state index is 13.2. The van der Waals surface area contributed by atoms with Gasteiger partial charge in [0.1, 0.15) is 5.75 Å². The third kappa shape index (κ3) is 7.36. The summed E-state index contributed by atoms with van der Waals surface area (Å²) in [6, 6.07) is 6.25. The second-order valence-electron chi connectivity index (χ2n) is 7.26. The van der Waals surface area contributed by atoms with Crippen LogP contribution in [0.15, 0.2) is 55.1 Å². The molecule has 0 saturated carbocycles. The van der Waals surface area contributed by atoms with Crippen LogP contribution in [0.4, 0.5) is 26.3 Å². The average molecular weight is 545 g/mol. The fourth-order valence-corrected chi connectivity index (χ4v) is 3.73. The van der Waals surface area contributed by atoms with Crippen molar-refractivity contribution in [1.29, 1.82) is 0 Å². The van der Waals surface area contributed by atoms with Crippen molar-refractivity contribution in [2.24, 2.45) is 0 Å². The highest BCUT2D eigenvalue weighted by atomic mass is 35.5. The van der Waals surface area contributed by atoms with E-state index < -0.39 is 55.7 Å². The molecule has 0 aliphatic carbocycles. The molecule has 35 heavy (non-hydrogen) atoms. The largest absolute Gasteiger partial charge is 0.534 e. The van der Waals surface area contributed by atoms with Crippen LogP contribution in [0.2, 0.25) is 5.02 Å². The van der Waals surface area contributed by atoms with Crippen molar-refractivity contribution in [2.75, 3.05) is 20.1 Å². The number of halogens is 7. The third-order valence-corrected chi connectivity index (χ3v) is 5.92. The predicted octanol–water partition coefficient (Wildman–Crippen LogP) is 5.18. The van der Waals surface area contributed by atoms with E-state index in [0.717, 1.165) is 24.3 Å². The summed E-state index contributed by atoms with van der Waals surface area (Å²) >= 11 is 5.82. The highest BCUT2D eigenvalue weighted by molar-refractivity contribution is 7.88. The second kappa shape index (κ2) is 10.9. The van der Waals surface area contributed by atoms with Gasteiger partial charge in [-0.05, 0) is 36.9 Å². The molecule has 0 aromatic heterocycles. The molecule has 0 bridgehead atoms. The summed E-state index contributed by atoms with van der Waals surface area (Å²) in [7, 11) is -4.33. The number of nitrogens with zero attached hydrogens (tertiary/aromatic N) is 1. The van der Waals surface area contributed by atoms with Gasteiger partial charge < -0.3 is 14.4 Å². The van der Waals surface area contributed by atoms with Gasteiger partial charge in [0, 0.05) is 13.1 Å². The van der Waals surface area contributed by atoms with Gasteiger partial charge in [-0.2, -0.15) is 34.8 Å². The van der Waals surface area contributed by atoms with Crippen LogP contribution in [-0.2, 0) is 16.3 Å². The van der Waals surface area contributed by atoms with E-state index in [4.69, 9.17) is 11.6 Å². The Hall–Kier alpha value is -2.77. The van der Waals surface area contributed by atoms with Crippen LogP contribution in [0.1, 0.15) is 27.5 Å². The predicted molar refractivity (Wildman–Crippen MR) is 116 cm³/mol. The van der Waals surface area contributed by atoms with Crippen LogP contribution in [0.3, 0.4) is 0 Å². The lowest BCUT2D eigenvalue weighted by Gasteiger charge is -2.25. The number of nitrogens with one attached hydrogen (secondary N) is 1. The maximum Gasteiger partial charge on any atom is 0.534 e. The Morgan fingerprint density at radius 2 is 1.80 bits per heavy atom. The molecular weight excluding hydrogens is 526 g/mol. The Morgan fingerprint density at radius 3 is 2.37 bits per heavy atom. The lowest BCUT2D eigenvalue weighted by molar-refractivity contribution is -0.137. The lowest BCUT2D eigenvalue weighted by Crippen LogP contribution is -2.37. The van der Waals surface area contributed by atoms with Crippen LogP contribution in [-0.4, -0.2) is 44.9 Å². The van der Waals surface area contributed by atoms with Crippen molar-refractivity contribution in [1.82, 2.24) is 10.2 Å². The van der Waals surface area contributed by atoms with Gasteiger partial charge in [0.15, 0.2) is 0 Å². The fraction of sp³-hybridized carbons (Fsp3) is 0.286. The molecule has 1 N–H and O–H groups in total. The Balaban J connectivity index is 2.42. The van der Waals surface area contributed by atoms with Crippen molar-refractivity contribution in [3.8, 4) is 5.75 Å². The first-order chi connectivity index (χ1) is 16.1. The van der Waals surface area contributed by atoms with E-state index in [1.165, 1.54) is 18.2 Å². The number of alkyl halides is 6. The van der Waals surface area contributed by atoms with Gasteiger partial charge in [0.25, 0.3) is 5.91 Å². The Bertz CT molecular complexity index is 1190. The molecule has 2 aromatic rings. The fourth-order valence-electron chi connectivity index (χ4n) is 2.96. The average Bonchev–Trinajstić information content (AvgIpc) is 2.71. The standard InChI is InChI=1S/C21H19ClF6N2O4S/c1-3-10-30(2)12-17(13-6-4-7-14(11-13)34-35(32,33)21(26,27)28)29-19(31)15-8-5-9-16(18(15)22)20(23,24)25/h3-9,11,17H,1,10,12H2,2H3,(H,29,31). The zero-order chi connectivity index (χ0) is 26.6. The molecule has 192 valence electrons. The number of benzene rings is 2. The van der Waals surface area contributed by atoms with Crippen LogP contribution in [0, 0.1) is 0 Å². The quantitative estimate of drug-likeness (QED) is 0.204. The van der Waals surface area contributed by atoms with E-state index in [0.29, 0.717) is 12.6 Å². The summed E-state index contributed by atoms with van der Waals surface area (Å²) in [5.74, 6) is -1.67. The van der Waals surface area contributed by atoms with Crippen LogP contribution in [0.5, 0.6) is 5.75 Å². The molecule has 0 saturated heterocycles. The summed E-state index contributed by atoms with van der Waals surface area (Å²) in [5.41, 5.74) is -7.25. The zero-order valence-corrected chi connectivity index (χ0v) is 19.5. The molecule has 0 aliphatic heterocycles. The number of hydrogen-bond donors (Lipinski definition) is 1. The minimum Gasteiger partial charge on any atom is -0.376 e. The highest BCUT2D eigenvalue weighted by Gasteiger charge is 2.48. The Morgan fingerprint density at radius 1 is 1.17 bits per heavy atom. The number of amides is 1. The number of hydrogen-bond acceptors (Lipinski definition) is 5. The lowest BCUT2D eigenvalue weighted by atomic mass is 10.0. The molecule has 1 atom stereocenters. The van der Waals surface area contributed by atoms with Crippen LogP contribution >= 0.6 is 11.6 Å². The molecule has 2 rings (SSSR count). The van der Waals surface area contributed by atoms with Gasteiger partial charge in [0.05, 0.1) is 22.2 Å². The number of rotatable bonds is 9. The summed E-state index contributed by atoms with van der Waals surface area (Å²) in [6.07, 6.45) is -3.29. The van der Waals surface area contributed by atoms with Gasteiger partial charge >= 0.3 is 21.8 Å². The first kappa shape index (κ1) is 28.5. The molecule has 0 radical (unpaired) electrons. The molecule has 1 unspecified atom stereocenters. The molecular formula is C21H19ClF6N2O4S. The van der Waals surface area contributed by atoms with E-state index in [-0.39, 0.29) is 12.1 Å². The number of likely N-dealkylation sites (N-methyl/N-ethyl adjacent to an activating group) is 1. The second-order valence-corrected chi connectivity index (χ2v) is 9.17. The van der Waals surface area contributed by atoms with E-state index in [1.54, 1.807) is 11.9 Å². The van der Waals surface area contributed by atoms with Gasteiger partial charge in [-0.25, -0.2) is 0 Å². The first-order valence-electron chi connectivity index (χ1n) is 9.63. The van der Waals surface area contributed by atoms with Gasteiger partial charge in [-0.3, -0.25) is 4.79 Å². The van der Waals surface area contributed by atoms with Crippen molar-refractivity contribution in [3.63, 3.8) is 0 Å². The highest BCUT2D eigenvalue weighted by Crippen LogP contribution is 2.36. The molecule has 0 fully saturated rings. The topological polar surface area (TPSA) is 75.7 Å². The summed E-state index contributed by atoms with van der Waals surface area (Å²) < 4.78 is 104. The maximum atomic E-state index is 13.2. The Labute approximate surface area is 202 Å². The van der Waals surface area contributed by atoms with Crippen molar-refractivity contribution in [3.05, 3.63) is 76.8 Å². The summed E-state index contributed by atoms with van der Waals surface area (Å²) in [5, 5.41) is 1.66. The molecule has 6 nitrogen and oxygen atoms in total. The van der Waals surface area contributed by atoms with Crippen molar-refractivity contribution < 1.29 is 43.7 Å². The molecule has 1 amide bonds. The van der Waals surface area contributed by atoms with Gasteiger partial charge in [-0.1, -0.05) is 35.9 Å². The van der Waals surface area contributed by atoms with Gasteiger partial charge in [-0.15, -0.1) is 6.58 Å². The molecule has 0 heterocycles. The van der Waals surface area contributed by atoms with Crippen molar-refractivity contribution in [2.45, 2.75) is 17.7 Å². The SMILES string of the molecule is C=CCN(C)CC(NC(=O)c1cccc(C(F)(F)F)c1Cl)c1cccc(OS(=O)(=O)C(F)(F)F)c1. The summed E-state index contributed by atoms with van der Waals surface area (Å²) in [4.78, 5) is 14.5. The number of carbonyl (C=O) groups excluding carboxylic acids is 1. The molecule has 0 spiro atoms. The smallest absolute Gasteiger partial charge is 0.376 e. The number of carbonyl (C=O) groups is 1. The normalized spacial score (nSPS) is 13.4. The van der Waals surface area contributed by atoms with Crippen LogP contribution < -0.4 is 9.50 Å². The third-order valence-electron chi connectivity index (χ3n) is 4.54. The summed E-state index contributed by atoms with van der Waals surface area (Å²) in [6.45, 7) is 3.90. The van der Waals surface area contributed by atoms with E-state index in [2.05, 4.69) is 16.1 Å². The van der Waals surface area contributed by atoms with Crippen molar-refractivity contribution >= 4 is 27.6 Å². The molecule has 0 aliphatic rings. The minimum atomic E-state index is -5.95. The van der Waals surface area contributed by atoms with Crippen LogP contribution in [0.25, 0.3) is 0 Å². The molecule has 14 heteroatoms.